The van der Waals surface area contributed by atoms with Gasteiger partial charge in [0.25, 0.3) is 0 Å². The summed E-state index contributed by atoms with van der Waals surface area (Å²) in [5.74, 6) is 1.04. The lowest BCUT2D eigenvalue weighted by Crippen LogP contribution is -2.20. The third-order valence-electron chi connectivity index (χ3n) is 3.58. The van der Waals surface area contributed by atoms with Gasteiger partial charge < -0.3 is 15.2 Å². The molecule has 3 aromatic rings. The Balaban J connectivity index is 1.66. The van der Waals surface area contributed by atoms with E-state index in [1.165, 1.54) is 0 Å². The Morgan fingerprint density at radius 3 is 2.50 bits per heavy atom. The van der Waals surface area contributed by atoms with E-state index >= 15 is 0 Å². The standard InChI is InChI=1S/C18H18N4O2/c1-3-13-6-4-5-7-16(13)21-18(23)20-15-10-8-14(9-11-15)17-19-12(2)24-22-17/h4-11H,3H2,1-2H3,(H2,20,21,23). The predicted octanol–water partition coefficient (Wildman–Crippen LogP) is 4.25. The molecule has 0 bridgehead atoms. The van der Waals surface area contributed by atoms with Crippen LogP contribution in [0.25, 0.3) is 11.4 Å². The van der Waals surface area contributed by atoms with Crippen LogP contribution in [-0.4, -0.2) is 16.2 Å². The average Bonchev–Trinajstić information content (AvgIpc) is 3.02. The fourth-order valence-electron chi connectivity index (χ4n) is 2.35. The Labute approximate surface area is 139 Å². The molecular formula is C18H18N4O2. The van der Waals surface area contributed by atoms with E-state index in [9.17, 15) is 4.79 Å². The molecule has 0 unspecified atom stereocenters. The highest BCUT2D eigenvalue weighted by Crippen LogP contribution is 2.19. The summed E-state index contributed by atoms with van der Waals surface area (Å²) < 4.78 is 4.96. The molecule has 0 fully saturated rings. The first-order valence-electron chi connectivity index (χ1n) is 7.72. The van der Waals surface area contributed by atoms with Gasteiger partial charge in [0.2, 0.25) is 11.7 Å². The summed E-state index contributed by atoms with van der Waals surface area (Å²) in [6, 6.07) is 14.7. The van der Waals surface area contributed by atoms with Crippen LogP contribution >= 0.6 is 0 Å². The van der Waals surface area contributed by atoms with Crippen molar-refractivity contribution in [1.82, 2.24) is 10.1 Å². The molecule has 2 N–H and O–H groups in total. The van der Waals surface area contributed by atoms with Crippen molar-refractivity contribution in [2.45, 2.75) is 20.3 Å². The molecule has 2 amide bonds. The zero-order valence-corrected chi connectivity index (χ0v) is 13.5. The van der Waals surface area contributed by atoms with Crippen LogP contribution in [0.15, 0.2) is 53.1 Å². The van der Waals surface area contributed by atoms with Crippen LogP contribution < -0.4 is 10.6 Å². The minimum atomic E-state index is -0.279. The fraction of sp³-hybridized carbons (Fsp3) is 0.167. The second kappa shape index (κ2) is 6.95. The van der Waals surface area contributed by atoms with Gasteiger partial charge in [-0.2, -0.15) is 4.98 Å². The van der Waals surface area contributed by atoms with E-state index in [0.29, 0.717) is 17.4 Å². The lowest BCUT2D eigenvalue weighted by Gasteiger charge is -2.11. The van der Waals surface area contributed by atoms with E-state index in [-0.39, 0.29) is 6.03 Å². The monoisotopic (exact) mass is 322 g/mol. The topological polar surface area (TPSA) is 80.0 Å². The third-order valence-corrected chi connectivity index (χ3v) is 3.58. The summed E-state index contributed by atoms with van der Waals surface area (Å²) in [6.07, 6.45) is 0.856. The van der Waals surface area contributed by atoms with E-state index in [2.05, 4.69) is 27.7 Å². The van der Waals surface area contributed by atoms with Gasteiger partial charge in [0.05, 0.1) is 0 Å². The maximum absolute atomic E-state index is 12.1. The van der Waals surface area contributed by atoms with Crippen molar-refractivity contribution in [1.29, 1.82) is 0 Å². The quantitative estimate of drug-likeness (QED) is 0.752. The van der Waals surface area contributed by atoms with Gasteiger partial charge in [-0.3, -0.25) is 0 Å². The van der Waals surface area contributed by atoms with E-state index < -0.39 is 0 Å². The number of anilines is 2. The number of amides is 2. The summed E-state index contributed by atoms with van der Waals surface area (Å²) in [5, 5.41) is 9.55. The largest absolute Gasteiger partial charge is 0.339 e. The normalized spacial score (nSPS) is 10.4. The molecule has 0 atom stereocenters. The van der Waals surface area contributed by atoms with Crippen LogP contribution in [-0.2, 0) is 6.42 Å². The fourth-order valence-corrected chi connectivity index (χ4v) is 2.35. The molecule has 0 saturated carbocycles. The number of urea groups is 1. The minimum absolute atomic E-state index is 0.279. The van der Waals surface area contributed by atoms with Crippen molar-refractivity contribution in [3.05, 3.63) is 60.0 Å². The van der Waals surface area contributed by atoms with Crippen molar-refractivity contribution in [2.24, 2.45) is 0 Å². The Kier molecular flexibility index (Phi) is 4.56. The third kappa shape index (κ3) is 3.60. The first-order chi connectivity index (χ1) is 11.7. The Hall–Kier alpha value is -3.15. The number of aromatic nitrogens is 2. The summed E-state index contributed by atoms with van der Waals surface area (Å²) in [4.78, 5) is 16.3. The molecule has 0 aliphatic carbocycles. The van der Waals surface area contributed by atoms with E-state index in [4.69, 9.17) is 4.52 Å². The van der Waals surface area contributed by atoms with Crippen molar-refractivity contribution in [3.63, 3.8) is 0 Å². The van der Waals surface area contributed by atoms with Gasteiger partial charge in [0.1, 0.15) is 0 Å². The smallest absolute Gasteiger partial charge is 0.323 e. The highest BCUT2D eigenvalue weighted by molar-refractivity contribution is 6.00. The number of rotatable bonds is 4. The summed E-state index contributed by atoms with van der Waals surface area (Å²) in [6.45, 7) is 3.79. The number of carbonyl (C=O) groups excluding carboxylic acids is 1. The average molecular weight is 322 g/mol. The van der Waals surface area contributed by atoms with Crippen LogP contribution in [0.1, 0.15) is 18.4 Å². The van der Waals surface area contributed by atoms with Crippen molar-refractivity contribution in [2.75, 3.05) is 10.6 Å². The first-order valence-corrected chi connectivity index (χ1v) is 7.72. The number of aryl methyl sites for hydroxylation is 2. The summed E-state index contributed by atoms with van der Waals surface area (Å²) in [7, 11) is 0. The zero-order chi connectivity index (χ0) is 16.9. The van der Waals surface area contributed by atoms with Crippen molar-refractivity contribution >= 4 is 17.4 Å². The maximum atomic E-state index is 12.1. The van der Waals surface area contributed by atoms with Gasteiger partial charge in [0.15, 0.2) is 0 Å². The van der Waals surface area contributed by atoms with Crippen molar-refractivity contribution in [3.8, 4) is 11.4 Å². The highest BCUT2D eigenvalue weighted by Gasteiger charge is 2.08. The maximum Gasteiger partial charge on any atom is 0.323 e. The number of nitrogens with zero attached hydrogens (tertiary/aromatic N) is 2. The van der Waals surface area contributed by atoms with Crippen LogP contribution in [0, 0.1) is 6.92 Å². The van der Waals surface area contributed by atoms with Gasteiger partial charge in [-0.05, 0) is 42.3 Å². The molecule has 0 radical (unpaired) electrons. The molecule has 1 heterocycles. The van der Waals surface area contributed by atoms with Gasteiger partial charge in [-0.1, -0.05) is 30.3 Å². The van der Waals surface area contributed by atoms with Crippen LogP contribution in [0.5, 0.6) is 0 Å². The first kappa shape index (κ1) is 15.7. The summed E-state index contributed by atoms with van der Waals surface area (Å²) in [5.41, 5.74) is 3.42. The Morgan fingerprint density at radius 1 is 1.08 bits per heavy atom. The van der Waals surface area contributed by atoms with E-state index in [1.807, 2.05) is 36.4 Å². The number of hydrogen-bond donors (Lipinski definition) is 2. The van der Waals surface area contributed by atoms with E-state index in [0.717, 1.165) is 23.2 Å². The van der Waals surface area contributed by atoms with Gasteiger partial charge >= 0.3 is 6.03 Å². The molecule has 3 rings (SSSR count). The molecule has 24 heavy (non-hydrogen) atoms. The minimum Gasteiger partial charge on any atom is -0.339 e. The molecule has 1 aromatic heterocycles. The molecular weight excluding hydrogens is 304 g/mol. The van der Waals surface area contributed by atoms with Gasteiger partial charge in [0, 0.05) is 23.9 Å². The summed E-state index contributed by atoms with van der Waals surface area (Å²) >= 11 is 0. The van der Waals surface area contributed by atoms with Gasteiger partial charge in [-0.15, -0.1) is 0 Å². The number of carbonyl (C=O) groups is 1. The molecule has 0 spiro atoms. The number of nitrogens with one attached hydrogen (secondary N) is 2. The molecule has 0 aliphatic heterocycles. The molecule has 6 heteroatoms. The predicted molar refractivity (Wildman–Crippen MR) is 92.9 cm³/mol. The van der Waals surface area contributed by atoms with Gasteiger partial charge in [-0.25, -0.2) is 4.79 Å². The molecule has 2 aromatic carbocycles. The number of benzene rings is 2. The van der Waals surface area contributed by atoms with Crippen LogP contribution in [0.4, 0.5) is 16.2 Å². The molecule has 122 valence electrons. The van der Waals surface area contributed by atoms with E-state index in [1.54, 1.807) is 19.1 Å². The Morgan fingerprint density at radius 2 is 1.83 bits per heavy atom. The molecule has 0 saturated heterocycles. The molecule has 0 aliphatic rings. The lowest BCUT2D eigenvalue weighted by atomic mass is 10.1. The number of hydrogen-bond acceptors (Lipinski definition) is 4. The highest BCUT2D eigenvalue weighted by atomic mass is 16.5. The Bertz CT molecular complexity index is 840. The number of para-hydroxylation sites is 1. The van der Waals surface area contributed by atoms with Crippen LogP contribution in [0.3, 0.4) is 0 Å². The second-order valence-electron chi connectivity index (χ2n) is 5.30. The lowest BCUT2D eigenvalue weighted by molar-refractivity contribution is 0.262. The second-order valence-corrected chi connectivity index (χ2v) is 5.30. The van der Waals surface area contributed by atoms with Crippen LogP contribution in [0.2, 0.25) is 0 Å². The SMILES string of the molecule is CCc1ccccc1NC(=O)Nc1ccc(-c2noc(C)n2)cc1. The van der Waals surface area contributed by atoms with Crippen molar-refractivity contribution < 1.29 is 9.32 Å². The zero-order valence-electron chi connectivity index (χ0n) is 13.5. The molecule has 6 nitrogen and oxygen atoms in total.